The number of rotatable bonds is 1. The predicted molar refractivity (Wildman–Crippen MR) is 74.4 cm³/mol. The molecule has 2 heterocycles. The Morgan fingerprint density at radius 1 is 1.23 bits per heavy atom. The third kappa shape index (κ3) is 2.08. The normalized spacial score (nSPS) is 11.1. The smallest absolute Gasteiger partial charge is 0.236 e. The fraction of sp³-hybridized carbons (Fsp3) is 0. The number of nitrogen functional groups attached to an aromatic ring is 1. The van der Waals surface area contributed by atoms with E-state index < -0.39 is 33.7 Å². The fourth-order valence-electron chi connectivity index (χ4n) is 1.97. The van der Waals surface area contributed by atoms with Gasteiger partial charge in [0.2, 0.25) is 5.95 Å². The number of nitrogens with two attached hydrogens (primary N) is 1. The Hall–Kier alpha value is -2.61. The molecule has 0 spiro atoms. The average molecular weight is 327 g/mol. The highest BCUT2D eigenvalue weighted by atomic mass is 35.5. The zero-order valence-electron chi connectivity index (χ0n) is 10.6. The predicted octanol–water partition coefficient (Wildman–Crippen LogP) is 2.43. The maximum Gasteiger partial charge on any atom is 0.236 e. The van der Waals surface area contributed by atoms with Crippen LogP contribution in [0.25, 0.3) is 16.9 Å². The molecule has 0 amide bonds. The zero-order chi connectivity index (χ0) is 16.0. The lowest BCUT2D eigenvalue weighted by molar-refractivity contribution is 0.510. The van der Waals surface area contributed by atoms with Crippen molar-refractivity contribution in [2.45, 2.75) is 0 Å². The van der Waals surface area contributed by atoms with Gasteiger partial charge < -0.3 is 5.73 Å². The lowest BCUT2D eigenvalue weighted by Gasteiger charge is -2.11. The van der Waals surface area contributed by atoms with Gasteiger partial charge in [0.15, 0.2) is 28.7 Å². The molecule has 3 aromatic rings. The first-order valence-corrected chi connectivity index (χ1v) is 6.25. The van der Waals surface area contributed by atoms with Crippen LogP contribution in [0.1, 0.15) is 0 Å². The molecule has 0 fully saturated rings. The molecule has 9 heteroatoms. The van der Waals surface area contributed by atoms with Crippen LogP contribution in [0.5, 0.6) is 0 Å². The maximum absolute atomic E-state index is 13.7. The summed E-state index contributed by atoms with van der Waals surface area (Å²) in [6, 6.07) is 1.82. The molecular weight excluding hydrogens is 321 g/mol. The van der Waals surface area contributed by atoms with E-state index in [4.69, 9.17) is 17.3 Å². The third-order valence-corrected chi connectivity index (χ3v) is 3.34. The summed E-state index contributed by atoms with van der Waals surface area (Å²) < 4.78 is 41.4. The maximum atomic E-state index is 13.7. The summed E-state index contributed by atoms with van der Waals surface area (Å²) in [5.74, 6) is -3.99. The first-order valence-electron chi connectivity index (χ1n) is 5.87. The minimum atomic E-state index is -1.32. The van der Waals surface area contributed by atoms with Crippen molar-refractivity contribution in [1.82, 2.24) is 14.5 Å². The SMILES string of the molecule is Nc1nc(-n2ccc(=O)c3cc(F)c(F)c(Cl)c32)ncc1F. The number of hydrogen-bond acceptors (Lipinski definition) is 4. The molecule has 0 atom stereocenters. The second-order valence-electron chi connectivity index (χ2n) is 4.34. The zero-order valence-corrected chi connectivity index (χ0v) is 11.4. The number of pyridine rings is 1. The van der Waals surface area contributed by atoms with Crippen LogP contribution in [-0.4, -0.2) is 14.5 Å². The molecular formula is C13H6ClF3N4O. The van der Waals surface area contributed by atoms with Gasteiger partial charge in [-0.2, -0.15) is 4.98 Å². The fourth-order valence-corrected chi connectivity index (χ4v) is 2.25. The van der Waals surface area contributed by atoms with Gasteiger partial charge in [-0.1, -0.05) is 11.6 Å². The number of hydrogen-bond donors (Lipinski definition) is 1. The van der Waals surface area contributed by atoms with Gasteiger partial charge in [-0.15, -0.1) is 0 Å². The first kappa shape index (κ1) is 14.3. The van der Waals surface area contributed by atoms with E-state index in [0.29, 0.717) is 0 Å². The monoisotopic (exact) mass is 326 g/mol. The standard InChI is InChI=1S/C13H6ClF3N4O/c14-9-10(17)6(15)3-5-8(22)1-2-21(11(5)9)13-19-4-7(16)12(18)20-13/h1-4H,(H2,18,19,20). The van der Waals surface area contributed by atoms with Crippen molar-refractivity contribution in [2.24, 2.45) is 0 Å². The average Bonchev–Trinajstić information content (AvgIpc) is 2.49. The van der Waals surface area contributed by atoms with Crippen LogP contribution in [0, 0.1) is 17.5 Å². The van der Waals surface area contributed by atoms with E-state index in [9.17, 15) is 18.0 Å². The molecule has 0 unspecified atom stereocenters. The largest absolute Gasteiger partial charge is 0.381 e. The van der Waals surface area contributed by atoms with Crippen LogP contribution in [0.3, 0.4) is 0 Å². The number of nitrogens with zero attached hydrogens (tertiary/aromatic N) is 3. The molecule has 0 aliphatic heterocycles. The number of anilines is 1. The van der Waals surface area contributed by atoms with Gasteiger partial charge in [-0.05, 0) is 6.07 Å². The molecule has 1 aromatic carbocycles. The van der Waals surface area contributed by atoms with Gasteiger partial charge in [0.05, 0.1) is 17.1 Å². The first-order chi connectivity index (χ1) is 10.4. The van der Waals surface area contributed by atoms with Crippen molar-refractivity contribution in [3.05, 3.63) is 57.2 Å². The highest BCUT2D eigenvalue weighted by molar-refractivity contribution is 6.35. The highest BCUT2D eigenvalue weighted by Gasteiger charge is 2.18. The van der Waals surface area contributed by atoms with E-state index in [1.807, 2.05) is 0 Å². The molecule has 0 saturated carbocycles. The highest BCUT2D eigenvalue weighted by Crippen LogP contribution is 2.28. The van der Waals surface area contributed by atoms with Crippen molar-refractivity contribution >= 4 is 28.3 Å². The van der Waals surface area contributed by atoms with Gasteiger partial charge in [-0.3, -0.25) is 9.36 Å². The van der Waals surface area contributed by atoms with Crippen LogP contribution in [0.4, 0.5) is 19.0 Å². The van der Waals surface area contributed by atoms with Gasteiger partial charge in [-0.25, -0.2) is 18.2 Å². The number of halogens is 4. The van der Waals surface area contributed by atoms with Gasteiger partial charge in [0, 0.05) is 12.3 Å². The molecule has 3 rings (SSSR count). The second kappa shape index (κ2) is 4.99. The Bertz CT molecular complexity index is 974. The molecule has 0 radical (unpaired) electrons. The summed E-state index contributed by atoms with van der Waals surface area (Å²) in [6.45, 7) is 0. The topological polar surface area (TPSA) is 73.8 Å². The second-order valence-corrected chi connectivity index (χ2v) is 4.71. The van der Waals surface area contributed by atoms with Crippen LogP contribution in [-0.2, 0) is 0 Å². The molecule has 2 aromatic heterocycles. The minimum Gasteiger partial charge on any atom is -0.381 e. The van der Waals surface area contributed by atoms with Crippen LogP contribution in [0.2, 0.25) is 5.02 Å². The van der Waals surface area contributed by atoms with Crippen molar-refractivity contribution in [3.63, 3.8) is 0 Å². The summed E-state index contributed by atoms with van der Waals surface area (Å²) in [5, 5.41) is -0.780. The number of benzene rings is 1. The Balaban J connectivity index is 2.45. The molecule has 0 bridgehead atoms. The lowest BCUT2D eigenvalue weighted by Crippen LogP contribution is -2.12. The lowest BCUT2D eigenvalue weighted by atomic mass is 10.2. The van der Waals surface area contributed by atoms with Gasteiger partial charge in [0.1, 0.15) is 5.02 Å². The van der Waals surface area contributed by atoms with E-state index in [0.717, 1.165) is 22.9 Å². The number of aromatic nitrogens is 3. The van der Waals surface area contributed by atoms with E-state index in [2.05, 4.69) is 9.97 Å². The van der Waals surface area contributed by atoms with E-state index in [-0.39, 0.29) is 16.9 Å². The summed E-state index contributed by atoms with van der Waals surface area (Å²) in [4.78, 5) is 19.2. The quantitative estimate of drug-likeness (QED) is 0.697. The molecule has 0 aliphatic carbocycles. The van der Waals surface area contributed by atoms with Crippen molar-refractivity contribution in [2.75, 3.05) is 5.73 Å². The summed E-state index contributed by atoms with van der Waals surface area (Å²) in [6.07, 6.45) is 2.02. The van der Waals surface area contributed by atoms with E-state index in [1.54, 1.807) is 0 Å². The van der Waals surface area contributed by atoms with E-state index in [1.165, 1.54) is 6.20 Å². The van der Waals surface area contributed by atoms with Crippen LogP contribution < -0.4 is 11.2 Å². The van der Waals surface area contributed by atoms with Gasteiger partial charge in [0.25, 0.3) is 0 Å². The Labute approximate surface area is 125 Å². The van der Waals surface area contributed by atoms with Crippen LogP contribution >= 0.6 is 11.6 Å². The number of fused-ring (bicyclic) bond motifs is 1. The summed E-state index contributed by atoms with van der Waals surface area (Å²) in [7, 11) is 0. The summed E-state index contributed by atoms with van der Waals surface area (Å²) >= 11 is 5.79. The van der Waals surface area contributed by atoms with Crippen molar-refractivity contribution in [3.8, 4) is 5.95 Å². The Morgan fingerprint density at radius 3 is 2.64 bits per heavy atom. The minimum absolute atomic E-state index is 0.140. The van der Waals surface area contributed by atoms with Crippen molar-refractivity contribution < 1.29 is 13.2 Å². The molecule has 2 N–H and O–H groups in total. The van der Waals surface area contributed by atoms with E-state index >= 15 is 0 Å². The Morgan fingerprint density at radius 2 is 1.95 bits per heavy atom. The molecule has 0 aliphatic rings. The third-order valence-electron chi connectivity index (χ3n) is 2.99. The summed E-state index contributed by atoms with van der Waals surface area (Å²) in [5.41, 5.74) is 4.65. The Kier molecular flexibility index (Phi) is 3.25. The molecule has 5 nitrogen and oxygen atoms in total. The van der Waals surface area contributed by atoms with Crippen molar-refractivity contribution in [1.29, 1.82) is 0 Å². The molecule has 112 valence electrons. The molecule has 22 heavy (non-hydrogen) atoms. The molecule has 0 saturated heterocycles. The van der Waals surface area contributed by atoms with Gasteiger partial charge >= 0.3 is 0 Å². The van der Waals surface area contributed by atoms with Crippen LogP contribution in [0.15, 0.2) is 29.3 Å².